The van der Waals surface area contributed by atoms with Crippen LogP contribution in [0.2, 0.25) is 0 Å². The van der Waals surface area contributed by atoms with Crippen molar-refractivity contribution in [3.63, 3.8) is 0 Å². The van der Waals surface area contributed by atoms with E-state index in [-0.39, 0.29) is 18.3 Å². The predicted octanol–water partition coefficient (Wildman–Crippen LogP) is 6.26. The average Bonchev–Trinajstić information content (AvgIpc) is 3.53. The van der Waals surface area contributed by atoms with E-state index in [4.69, 9.17) is 4.42 Å². The maximum atomic E-state index is 12.9. The smallest absolute Gasteiger partial charge is 0.413 e. The number of aromatic nitrogens is 6. The van der Waals surface area contributed by atoms with Crippen LogP contribution in [0.3, 0.4) is 0 Å². The van der Waals surface area contributed by atoms with E-state index >= 15 is 0 Å². The van der Waals surface area contributed by atoms with Crippen LogP contribution in [0.25, 0.3) is 33.3 Å². The van der Waals surface area contributed by atoms with Gasteiger partial charge in [0, 0.05) is 22.0 Å². The second-order valence-electron chi connectivity index (χ2n) is 8.05. The van der Waals surface area contributed by atoms with Crippen LogP contribution in [-0.4, -0.2) is 29.9 Å². The molecule has 37 heavy (non-hydrogen) atoms. The summed E-state index contributed by atoms with van der Waals surface area (Å²) in [6.07, 6.45) is -1.51. The van der Waals surface area contributed by atoms with Gasteiger partial charge >= 0.3 is 12.1 Å². The number of hydrogen-bond donors (Lipinski definition) is 1. The number of nitrogens with one attached hydrogen (secondary N) is 1. The molecule has 0 radical (unpaired) electrons. The Hall–Kier alpha value is -4.51. The number of nitrogens with zero attached hydrogens (tertiary/aromatic N) is 6. The van der Waals surface area contributed by atoms with Gasteiger partial charge in [-0.15, -0.1) is 22.6 Å². The molecule has 1 N–H and O–H groups in total. The van der Waals surface area contributed by atoms with Crippen LogP contribution < -0.4 is 5.32 Å². The number of benzene rings is 3. The second kappa shape index (κ2) is 9.51. The van der Waals surface area contributed by atoms with Crippen molar-refractivity contribution in [1.29, 1.82) is 0 Å². The normalized spacial score (nSPS) is 11.5. The van der Waals surface area contributed by atoms with Crippen LogP contribution in [0.4, 0.5) is 24.7 Å². The number of anilines is 2. The van der Waals surface area contributed by atoms with Crippen molar-refractivity contribution in [2.45, 2.75) is 12.7 Å². The van der Waals surface area contributed by atoms with Gasteiger partial charge in [-0.1, -0.05) is 30.3 Å². The minimum Gasteiger partial charge on any atom is -0.413 e. The Morgan fingerprint density at radius 1 is 0.919 bits per heavy atom. The van der Waals surface area contributed by atoms with Gasteiger partial charge < -0.3 is 9.73 Å². The predicted molar refractivity (Wildman–Crippen MR) is 134 cm³/mol. The first kappa shape index (κ1) is 24.2. The molecular formula is C25H17ClF3N7O. The van der Waals surface area contributed by atoms with E-state index in [1.165, 1.54) is 6.33 Å². The molecule has 0 aliphatic heterocycles. The van der Waals surface area contributed by atoms with Crippen molar-refractivity contribution < 1.29 is 17.6 Å². The Morgan fingerprint density at radius 3 is 2.54 bits per heavy atom. The summed E-state index contributed by atoms with van der Waals surface area (Å²) in [5.41, 5.74) is 3.82. The summed E-state index contributed by atoms with van der Waals surface area (Å²) in [5, 5.41) is 15.9. The van der Waals surface area contributed by atoms with E-state index in [0.717, 1.165) is 22.2 Å². The fourth-order valence-electron chi connectivity index (χ4n) is 3.93. The van der Waals surface area contributed by atoms with Crippen LogP contribution in [0.15, 0.2) is 83.7 Å². The fraction of sp³-hybridized carbons (Fsp3) is 0.0800. The van der Waals surface area contributed by atoms with E-state index < -0.39 is 12.1 Å². The van der Waals surface area contributed by atoms with Gasteiger partial charge in [0.15, 0.2) is 0 Å². The molecule has 0 amide bonds. The molecule has 0 saturated carbocycles. The highest BCUT2D eigenvalue weighted by Gasteiger charge is 2.38. The summed E-state index contributed by atoms with van der Waals surface area (Å²) in [5.74, 6) is -1.17. The summed E-state index contributed by atoms with van der Waals surface area (Å²) in [6, 6.07) is 20.7. The van der Waals surface area contributed by atoms with Gasteiger partial charge in [0.05, 0.1) is 23.8 Å². The minimum absolute atomic E-state index is 0. The van der Waals surface area contributed by atoms with Crippen molar-refractivity contribution in [2.24, 2.45) is 0 Å². The van der Waals surface area contributed by atoms with Gasteiger partial charge in [0.1, 0.15) is 12.1 Å². The van der Waals surface area contributed by atoms with Crippen LogP contribution in [0, 0.1) is 0 Å². The zero-order valence-electron chi connectivity index (χ0n) is 18.8. The molecule has 0 aliphatic rings. The molecule has 0 spiro atoms. The van der Waals surface area contributed by atoms with Crippen molar-refractivity contribution in [3.05, 3.63) is 90.7 Å². The SMILES string of the molecule is Cl.FC(F)(F)c1nnc(-c2ccc3ncnc(Nc4ccc5c(cnn5Cc5ccccc5)c4)c3c2)o1. The highest BCUT2D eigenvalue weighted by molar-refractivity contribution is 5.94. The number of hydrogen-bond acceptors (Lipinski definition) is 7. The van der Waals surface area contributed by atoms with Gasteiger partial charge in [-0.3, -0.25) is 4.68 Å². The molecule has 3 aromatic carbocycles. The molecule has 3 heterocycles. The summed E-state index contributed by atoms with van der Waals surface area (Å²) in [7, 11) is 0. The zero-order chi connectivity index (χ0) is 24.7. The van der Waals surface area contributed by atoms with E-state index in [9.17, 15) is 13.2 Å². The van der Waals surface area contributed by atoms with E-state index in [0.29, 0.717) is 28.8 Å². The molecule has 0 bridgehead atoms. The highest BCUT2D eigenvalue weighted by atomic mass is 35.5. The van der Waals surface area contributed by atoms with Crippen molar-refractivity contribution in [3.8, 4) is 11.5 Å². The average molecular weight is 524 g/mol. The molecule has 8 nitrogen and oxygen atoms in total. The molecule has 0 fully saturated rings. The van der Waals surface area contributed by atoms with E-state index in [2.05, 4.69) is 42.7 Å². The highest BCUT2D eigenvalue weighted by Crippen LogP contribution is 2.32. The van der Waals surface area contributed by atoms with Gasteiger partial charge in [-0.25, -0.2) is 9.97 Å². The van der Waals surface area contributed by atoms with Crippen LogP contribution in [-0.2, 0) is 12.7 Å². The topological polar surface area (TPSA) is 94.5 Å². The maximum absolute atomic E-state index is 12.9. The van der Waals surface area contributed by atoms with Crippen LogP contribution in [0.5, 0.6) is 0 Å². The third-order valence-corrected chi connectivity index (χ3v) is 5.63. The molecule has 0 aliphatic carbocycles. The van der Waals surface area contributed by atoms with Gasteiger partial charge in [-0.2, -0.15) is 18.3 Å². The first-order chi connectivity index (χ1) is 17.4. The molecule has 0 saturated heterocycles. The monoisotopic (exact) mass is 523 g/mol. The first-order valence-electron chi connectivity index (χ1n) is 10.9. The Labute approximate surface area is 213 Å². The minimum atomic E-state index is -4.72. The molecule has 6 rings (SSSR count). The lowest BCUT2D eigenvalue weighted by Gasteiger charge is -2.10. The molecule has 0 atom stereocenters. The zero-order valence-corrected chi connectivity index (χ0v) is 19.7. The Morgan fingerprint density at radius 2 is 1.76 bits per heavy atom. The Kier molecular flexibility index (Phi) is 6.22. The molecular weight excluding hydrogens is 507 g/mol. The maximum Gasteiger partial charge on any atom is 0.470 e. The molecule has 186 valence electrons. The summed E-state index contributed by atoms with van der Waals surface area (Å²) >= 11 is 0. The molecule has 6 aromatic rings. The van der Waals surface area contributed by atoms with E-state index in [1.54, 1.807) is 24.4 Å². The van der Waals surface area contributed by atoms with E-state index in [1.807, 2.05) is 41.1 Å². The number of fused-ring (bicyclic) bond motifs is 2. The third kappa shape index (κ3) is 4.81. The standard InChI is InChI=1S/C25H16F3N7O.ClH/c26-25(27,28)24-34-33-23(36-24)16-6-8-20-19(11-16)22(30-14-29-20)32-18-7-9-21-17(10-18)12-31-35(21)13-15-4-2-1-3-5-15;/h1-12,14H,13H2,(H,29,30,32);1H. The van der Waals surface area contributed by atoms with Crippen LogP contribution >= 0.6 is 12.4 Å². The molecule has 12 heteroatoms. The quantitative estimate of drug-likeness (QED) is 0.285. The Bertz CT molecular complexity index is 1700. The van der Waals surface area contributed by atoms with Crippen molar-refractivity contribution >= 4 is 45.7 Å². The van der Waals surface area contributed by atoms with Gasteiger partial charge in [0.25, 0.3) is 0 Å². The van der Waals surface area contributed by atoms with Crippen LogP contribution in [0.1, 0.15) is 11.5 Å². The number of alkyl halides is 3. The number of rotatable bonds is 5. The fourth-order valence-corrected chi connectivity index (χ4v) is 3.93. The lowest BCUT2D eigenvalue weighted by atomic mass is 10.1. The Balaban J connectivity index is 0.00000280. The first-order valence-corrected chi connectivity index (χ1v) is 10.9. The van der Waals surface area contributed by atoms with Crippen molar-refractivity contribution in [2.75, 3.05) is 5.32 Å². The molecule has 3 aromatic heterocycles. The summed E-state index contributed by atoms with van der Waals surface area (Å²) < 4.78 is 45.3. The van der Waals surface area contributed by atoms with Gasteiger partial charge in [0.2, 0.25) is 5.89 Å². The summed E-state index contributed by atoms with van der Waals surface area (Å²) in [6.45, 7) is 0.655. The summed E-state index contributed by atoms with van der Waals surface area (Å²) in [4.78, 5) is 8.58. The number of halogens is 4. The largest absolute Gasteiger partial charge is 0.470 e. The third-order valence-electron chi connectivity index (χ3n) is 5.63. The molecule has 0 unspecified atom stereocenters. The lowest BCUT2D eigenvalue weighted by molar-refractivity contribution is -0.156. The second-order valence-corrected chi connectivity index (χ2v) is 8.05. The lowest BCUT2D eigenvalue weighted by Crippen LogP contribution is -2.04. The van der Waals surface area contributed by atoms with Crippen molar-refractivity contribution in [1.82, 2.24) is 29.9 Å². The van der Waals surface area contributed by atoms with Gasteiger partial charge in [-0.05, 0) is 42.0 Å².